The number of ether oxygens (including phenoxy) is 1. The highest BCUT2D eigenvalue weighted by atomic mass is 16.6. The average molecular weight is 304 g/mol. The monoisotopic (exact) mass is 304 g/mol. The second-order valence-electron chi connectivity index (χ2n) is 5.32. The number of phenolic OH excluding ortho intramolecular Hbond substituents is 1. The molecular weight excluding hydrogens is 288 g/mol. The molecule has 1 aromatic carbocycles. The number of H-pyrrole nitrogens is 1. The Morgan fingerprint density at radius 3 is 2.95 bits per heavy atom. The van der Waals surface area contributed by atoms with Crippen molar-refractivity contribution in [2.45, 2.75) is 13.0 Å². The molecule has 0 atom stereocenters. The lowest BCUT2D eigenvalue weighted by atomic mass is 10.0. The van der Waals surface area contributed by atoms with Crippen molar-refractivity contribution in [3.05, 3.63) is 33.5 Å². The Morgan fingerprint density at radius 1 is 1.50 bits per heavy atom. The quantitative estimate of drug-likeness (QED) is 0.660. The van der Waals surface area contributed by atoms with Gasteiger partial charge in [-0.05, 0) is 13.1 Å². The number of fused-ring (bicyclic) bond motifs is 1. The van der Waals surface area contributed by atoms with E-state index in [1.807, 2.05) is 7.05 Å². The molecule has 116 valence electrons. The molecule has 1 aromatic heterocycles. The van der Waals surface area contributed by atoms with Gasteiger partial charge in [-0.15, -0.1) is 0 Å². The van der Waals surface area contributed by atoms with Crippen molar-refractivity contribution in [2.24, 2.45) is 0 Å². The van der Waals surface area contributed by atoms with E-state index in [2.05, 4.69) is 15.1 Å². The second-order valence-corrected chi connectivity index (χ2v) is 5.32. The number of hydrogen-bond donors (Lipinski definition) is 2. The molecule has 3 rings (SSSR count). The van der Waals surface area contributed by atoms with Gasteiger partial charge >= 0.3 is 5.69 Å². The minimum Gasteiger partial charge on any atom is -0.500 e. The van der Waals surface area contributed by atoms with Gasteiger partial charge in [-0.2, -0.15) is 5.10 Å². The summed E-state index contributed by atoms with van der Waals surface area (Å²) in [7, 11) is 3.37. The largest absolute Gasteiger partial charge is 0.500 e. The first-order valence-electron chi connectivity index (χ1n) is 6.81. The van der Waals surface area contributed by atoms with Crippen LogP contribution in [0.15, 0.2) is 12.1 Å². The lowest BCUT2D eigenvalue weighted by molar-refractivity contribution is -0.385. The number of benzene rings is 1. The number of nitro benzene ring substituents is 1. The number of likely N-dealkylation sites (N-methyl/N-ethyl adjacent to an activating group) is 1. The van der Waals surface area contributed by atoms with Gasteiger partial charge in [0.1, 0.15) is 0 Å². The van der Waals surface area contributed by atoms with E-state index in [9.17, 15) is 15.2 Å². The van der Waals surface area contributed by atoms with Gasteiger partial charge in [-0.1, -0.05) is 0 Å². The number of aromatic amines is 1. The van der Waals surface area contributed by atoms with Crippen LogP contribution in [0.1, 0.15) is 11.3 Å². The molecule has 0 bridgehead atoms. The van der Waals surface area contributed by atoms with Gasteiger partial charge in [0.05, 0.1) is 17.7 Å². The van der Waals surface area contributed by atoms with Crippen molar-refractivity contribution in [1.82, 2.24) is 15.1 Å². The third-order valence-electron chi connectivity index (χ3n) is 3.87. The van der Waals surface area contributed by atoms with Crippen LogP contribution in [-0.4, -0.2) is 45.8 Å². The topological polar surface area (TPSA) is 105 Å². The molecule has 8 nitrogen and oxygen atoms in total. The van der Waals surface area contributed by atoms with Crippen LogP contribution in [0.3, 0.4) is 0 Å². The summed E-state index contributed by atoms with van der Waals surface area (Å²) in [4.78, 5) is 12.6. The van der Waals surface area contributed by atoms with Gasteiger partial charge in [0.25, 0.3) is 0 Å². The van der Waals surface area contributed by atoms with Crippen LogP contribution in [-0.2, 0) is 13.0 Å². The van der Waals surface area contributed by atoms with Crippen LogP contribution in [0.25, 0.3) is 11.3 Å². The number of nitro groups is 1. The van der Waals surface area contributed by atoms with E-state index < -0.39 is 16.4 Å². The van der Waals surface area contributed by atoms with Gasteiger partial charge in [0.15, 0.2) is 5.75 Å². The highest BCUT2D eigenvalue weighted by Crippen LogP contribution is 2.41. The summed E-state index contributed by atoms with van der Waals surface area (Å²) in [5.74, 6) is -0.414. The number of rotatable bonds is 3. The molecule has 2 heterocycles. The maximum atomic E-state index is 11.1. The minimum absolute atomic E-state index is 0.0603. The number of nitrogens with one attached hydrogen (secondary N) is 1. The number of nitrogens with zero attached hydrogens (tertiary/aromatic N) is 3. The summed E-state index contributed by atoms with van der Waals surface area (Å²) >= 11 is 0. The Labute approximate surface area is 126 Å². The number of aromatic nitrogens is 2. The molecule has 0 saturated heterocycles. The zero-order valence-electron chi connectivity index (χ0n) is 12.3. The van der Waals surface area contributed by atoms with Crippen molar-refractivity contribution in [3.8, 4) is 22.8 Å². The molecule has 1 aliphatic heterocycles. The molecule has 2 N–H and O–H groups in total. The lowest BCUT2D eigenvalue weighted by Crippen LogP contribution is -2.26. The van der Waals surface area contributed by atoms with Gasteiger partial charge < -0.3 is 14.7 Å². The van der Waals surface area contributed by atoms with Crippen molar-refractivity contribution in [2.75, 3.05) is 20.7 Å². The van der Waals surface area contributed by atoms with Crippen molar-refractivity contribution < 1.29 is 14.8 Å². The fourth-order valence-electron chi connectivity index (χ4n) is 2.69. The predicted octanol–water partition coefficient (Wildman–Crippen LogP) is 1.69. The SMILES string of the molecule is COc1cc(-c2n[nH]c3c2CN(C)CC3)cc([N+](=O)[O-])c1O. The summed E-state index contributed by atoms with van der Waals surface area (Å²) in [5, 5.41) is 28.3. The summed E-state index contributed by atoms with van der Waals surface area (Å²) in [6.07, 6.45) is 0.857. The molecule has 0 spiro atoms. The molecule has 0 unspecified atom stereocenters. The van der Waals surface area contributed by atoms with E-state index in [1.165, 1.54) is 13.2 Å². The molecule has 0 radical (unpaired) electrons. The van der Waals surface area contributed by atoms with Gasteiger partial charge in [0, 0.05) is 42.4 Å². The first-order valence-corrected chi connectivity index (χ1v) is 6.81. The van der Waals surface area contributed by atoms with Gasteiger partial charge in [0.2, 0.25) is 5.75 Å². The number of phenols is 1. The Morgan fingerprint density at radius 2 is 2.27 bits per heavy atom. The second kappa shape index (κ2) is 5.30. The van der Waals surface area contributed by atoms with Gasteiger partial charge in [-0.25, -0.2) is 0 Å². The Balaban J connectivity index is 2.15. The predicted molar refractivity (Wildman–Crippen MR) is 78.9 cm³/mol. The van der Waals surface area contributed by atoms with E-state index in [0.29, 0.717) is 11.3 Å². The van der Waals surface area contributed by atoms with E-state index in [4.69, 9.17) is 4.74 Å². The highest BCUT2D eigenvalue weighted by Gasteiger charge is 2.25. The zero-order valence-corrected chi connectivity index (χ0v) is 12.3. The zero-order chi connectivity index (χ0) is 15.9. The van der Waals surface area contributed by atoms with Crippen LogP contribution in [0.5, 0.6) is 11.5 Å². The third kappa shape index (κ3) is 2.27. The maximum Gasteiger partial charge on any atom is 0.315 e. The lowest BCUT2D eigenvalue weighted by Gasteiger charge is -2.22. The van der Waals surface area contributed by atoms with Crippen LogP contribution in [0.4, 0.5) is 5.69 Å². The van der Waals surface area contributed by atoms with E-state index in [0.717, 1.165) is 30.8 Å². The summed E-state index contributed by atoms with van der Waals surface area (Å²) < 4.78 is 5.04. The molecule has 2 aromatic rings. The molecule has 0 amide bonds. The number of methoxy groups -OCH3 is 1. The van der Waals surface area contributed by atoms with E-state index >= 15 is 0 Å². The number of aromatic hydroxyl groups is 1. The molecule has 0 saturated carbocycles. The molecule has 0 aliphatic carbocycles. The van der Waals surface area contributed by atoms with Crippen molar-refractivity contribution >= 4 is 5.69 Å². The average Bonchev–Trinajstić information content (AvgIpc) is 2.90. The van der Waals surface area contributed by atoms with Crippen LogP contribution >= 0.6 is 0 Å². The third-order valence-corrected chi connectivity index (χ3v) is 3.87. The molecule has 22 heavy (non-hydrogen) atoms. The van der Waals surface area contributed by atoms with Crippen LogP contribution in [0, 0.1) is 10.1 Å². The van der Waals surface area contributed by atoms with Crippen LogP contribution < -0.4 is 4.74 Å². The fraction of sp³-hybridized carbons (Fsp3) is 0.357. The molecule has 8 heteroatoms. The van der Waals surface area contributed by atoms with Gasteiger partial charge in [-0.3, -0.25) is 15.2 Å². The van der Waals surface area contributed by atoms with Crippen LogP contribution in [0.2, 0.25) is 0 Å². The minimum atomic E-state index is -0.632. The maximum absolute atomic E-state index is 11.1. The Bertz CT molecular complexity index is 741. The standard InChI is InChI=1S/C14H16N4O4/c1-17-4-3-10-9(7-17)13(16-15-10)8-5-11(18(20)21)14(19)12(6-8)22-2/h5-6,19H,3-4,7H2,1-2H3,(H,15,16). The fourth-order valence-corrected chi connectivity index (χ4v) is 2.69. The normalized spacial score (nSPS) is 14.6. The summed E-state index contributed by atoms with van der Waals surface area (Å²) in [5.41, 5.74) is 2.88. The van der Waals surface area contributed by atoms with Crippen molar-refractivity contribution in [3.63, 3.8) is 0 Å². The smallest absolute Gasteiger partial charge is 0.315 e. The molecular formula is C14H16N4O4. The van der Waals surface area contributed by atoms with Crippen molar-refractivity contribution in [1.29, 1.82) is 0 Å². The van der Waals surface area contributed by atoms with E-state index in [-0.39, 0.29) is 5.75 Å². The Kier molecular flexibility index (Phi) is 3.45. The first-order chi connectivity index (χ1) is 10.5. The summed E-state index contributed by atoms with van der Waals surface area (Å²) in [6.45, 7) is 1.66. The summed E-state index contributed by atoms with van der Waals surface area (Å²) in [6, 6.07) is 2.89. The highest BCUT2D eigenvalue weighted by molar-refractivity contribution is 5.73. The molecule has 1 aliphatic rings. The van der Waals surface area contributed by atoms with E-state index in [1.54, 1.807) is 6.07 Å². The first kappa shape index (κ1) is 14.3. The molecule has 0 fully saturated rings. The Hall–Kier alpha value is -2.61. The number of hydrogen-bond acceptors (Lipinski definition) is 6.